The Balaban J connectivity index is 1.84. The van der Waals surface area contributed by atoms with Crippen molar-refractivity contribution in [1.29, 1.82) is 0 Å². The largest absolute Gasteiger partial charge is 0.379 e. The third-order valence-electron chi connectivity index (χ3n) is 4.38. The van der Waals surface area contributed by atoms with Gasteiger partial charge in [0.2, 0.25) is 5.91 Å². The van der Waals surface area contributed by atoms with Crippen LogP contribution >= 0.6 is 0 Å². The van der Waals surface area contributed by atoms with Crippen molar-refractivity contribution >= 4 is 5.91 Å². The van der Waals surface area contributed by atoms with Gasteiger partial charge in [0.05, 0.1) is 13.2 Å². The van der Waals surface area contributed by atoms with Crippen molar-refractivity contribution in [1.82, 2.24) is 15.1 Å². The summed E-state index contributed by atoms with van der Waals surface area (Å²) in [6.45, 7) is 11.8. The van der Waals surface area contributed by atoms with E-state index in [1.165, 1.54) is 0 Å². The van der Waals surface area contributed by atoms with E-state index in [4.69, 9.17) is 4.74 Å². The highest BCUT2D eigenvalue weighted by Crippen LogP contribution is 2.15. The Hall–Kier alpha value is -0.650. The average molecular weight is 297 g/mol. The molecule has 5 heteroatoms. The molecule has 0 aliphatic carbocycles. The fourth-order valence-corrected chi connectivity index (χ4v) is 3.24. The van der Waals surface area contributed by atoms with Crippen molar-refractivity contribution < 1.29 is 9.53 Å². The molecule has 2 aliphatic rings. The lowest BCUT2D eigenvalue weighted by Gasteiger charge is -2.32. The van der Waals surface area contributed by atoms with Crippen molar-refractivity contribution in [3.05, 3.63) is 0 Å². The van der Waals surface area contributed by atoms with Gasteiger partial charge in [0.1, 0.15) is 0 Å². The molecule has 2 heterocycles. The predicted octanol–water partition coefficient (Wildman–Crippen LogP) is 0.945. The second-order valence-electron chi connectivity index (χ2n) is 6.63. The number of hydrogen-bond acceptors (Lipinski definition) is 4. The molecule has 0 saturated carbocycles. The summed E-state index contributed by atoms with van der Waals surface area (Å²) in [5.74, 6) is 0.959. The number of ether oxygens (including phenoxy) is 1. The second kappa shape index (κ2) is 8.71. The Bertz CT molecular complexity index is 317. The minimum Gasteiger partial charge on any atom is -0.379 e. The van der Waals surface area contributed by atoms with Gasteiger partial charge in [0.15, 0.2) is 0 Å². The zero-order valence-electron chi connectivity index (χ0n) is 13.6. The van der Waals surface area contributed by atoms with E-state index in [0.717, 1.165) is 65.3 Å². The molecule has 1 unspecified atom stereocenters. The Morgan fingerprint density at radius 2 is 2.05 bits per heavy atom. The van der Waals surface area contributed by atoms with Gasteiger partial charge < -0.3 is 15.0 Å². The Morgan fingerprint density at radius 1 is 1.29 bits per heavy atom. The Labute approximate surface area is 129 Å². The number of morpholine rings is 1. The molecule has 2 fully saturated rings. The van der Waals surface area contributed by atoms with E-state index in [2.05, 4.69) is 29.0 Å². The minimum atomic E-state index is 0.329. The molecule has 1 atom stereocenters. The molecule has 2 aliphatic heterocycles. The zero-order chi connectivity index (χ0) is 15.1. The first-order valence-corrected chi connectivity index (χ1v) is 8.47. The van der Waals surface area contributed by atoms with Crippen molar-refractivity contribution in [2.75, 3.05) is 52.5 Å². The van der Waals surface area contributed by atoms with E-state index >= 15 is 0 Å². The summed E-state index contributed by atoms with van der Waals surface area (Å²) in [6.07, 6.45) is 2.81. The SMILES string of the molecule is CC(C)CC1CNCCCN1C(=O)CCN1CCOCC1. The van der Waals surface area contributed by atoms with Gasteiger partial charge in [0.25, 0.3) is 0 Å². The van der Waals surface area contributed by atoms with Gasteiger partial charge in [-0.3, -0.25) is 9.69 Å². The lowest BCUT2D eigenvalue weighted by atomic mass is 10.0. The monoisotopic (exact) mass is 297 g/mol. The van der Waals surface area contributed by atoms with Crippen molar-refractivity contribution in [3.8, 4) is 0 Å². The maximum atomic E-state index is 12.6. The molecule has 0 radical (unpaired) electrons. The maximum absolute atomic E-state index is 12.6. The summed E-state index contributed by atoms with van der Waals surface area (Å²) in [4.78, 5) is 17.1. The normalized spacial score (nSPS) is 25.1. The molecule has 21 heavy (non-hydrogen) atoms. The Morgan fingerprint density at radius 3 is 2.76 bits per heavy atom. The molecule has 0 aromatic carbocycles. The van der Waals surface area contributed by atoms with Crippen LogP contribution in [0.15, 0.2) is 0 Å². The summed E-state index contributed by atoms with van der Waals surface area (Å²) in [6, 6.07) is 0.365. The molecule has 0 spiro atoms. The van der Waals surface area contributed by atoms with Gasteiger partial charge in [-0.2, -0.15) is 0 Å². The van der Waals surface area contributed by atoms with E-state index in [0.29, 0.717) is 24.3 Å². The van der Waals surface area contributed by atoms with E-state index in [-0.39, 0.29) is 0 Å². The molecule has 1 N–H and O–H groups in total. The van der Waals surface area contributed by atoms with Crippen LogP contribution in [0.1, 0.15) is 33.1 Å². The van der Waals surface area contributed by atoms with Crippen LogP contribution in [0.25, 0.3) is 0 Å². The van der Waals surface area contributed by atoms with Gasteiger partial charge in [-0.25, -0.2) is 0 Å². The van der Waals surface area contributed by atoms with E-state index in [9.17, 15) is 4.79 Å². The number of rotatable bonds is 5. The third kappa shape index (κ3) is 5.57. The van der Waals surface area contributed by atoms with Gasteiger partial charge >= 0.3 is 0 Å². The number of hydrogen-bond donors (Lipinski definition) is 1. The van der Waals surface area contributed by atoms with Crippen LogP contribution in [0.3, 0.4) is 0 Å². The van der Waals surface area contributed by atoms with Crippen molar-refractivity contribution in [2.24, 2.45) is 5.92 Å². The molecule has 1 amide bonds. The summed E-state index contributed by atoms with van der Waals surface area (Å²) in [5.41, 5.74) is 0. The van der Waals surface area contributed by atoms with Crippen LogP contribution in [-0.4, -0.2) is 74.2 Å². The molecular weight excluding hydrogens is 266 g/mol. The van der Waals surface area contributed by atoms with E-state index < -0.39 is 0 Å². The predicted molar refractivity (Wildman–Crippen MR) is 84.3 cm³/mol. The molecule has 0 aromatic heterocycles. The van der Waals surface area contributed by atoms with Crippen LogP contribution in [0.4, 0.5) is 0 Å². The van der Waals surface area contributed by atoms with Crippen LogP contribution in [0.2, 0.25) is 0 Å². The molecule has 2 rings (SSSR count). The molecular formula is C16H31N3O2. The quantitative estimate of drug-likeness (QED) is 0.820. The fraction of sp³-hybridized carbons (Fsp3) is 0.938. The van der Waals surface area contributed by atoms with Gasteiger partial charge in [-0.05, 0) is 25.3 Å². The lowest BCUT2D eigenvalue weighted by Crippen LogP contribution is -2.46. The molecule has 122 valence electrons. The molecule has 0 aromatic rings. The first kappa shape index (κ1) is 16.7. The molecule has 0 bridgehead atoms. The van der Waals surface area contributed by atoms with Crippen LogP contribution in [0, 0.1) is 5.92 Å². The maximum Gasteiger partial charge on any atom is 0.224 e. The molecule has 2 saturated heterocycles. The van der Waals surface area contributed by atoms with Crippen LogP contribution in [0.5, 0.6) is 0 Å². The average Bonchev–Trinajstić information content (AvgIpc) is 2.71. The lowest BCUT2D eigenvalue weighted by molar-refractivity contribution is -0.134. The standard InChI is InChI=1S/C16H31N3O2/c1-14(2)12-15-13-17-5-3-6-19(15)16(20)4-7-18-8-10-21-11-9-18/h14-15,17H,3-13H2,1-2H3. The highest BCUT2D eigenvalue weighted by atomic mass is 16.5. The summed E-state index contributed by atoms with van der Waals surface area (Å²) >= 11 is 0. The Kier molecular flexibility index (Phi) is 6.93. The van der Waals surface area contributed by atoms with Gasteiger partial charge in [-0.1, -0.05) is 13.8 Å². The summed E-state index contributed by atoms with van der Waals surface area (Å²) < 4.78 is 5.35. The fourth-order valence-electron chi connectivity index (χ4n) is 3.24. The van der Waals surface area contributed by atoms with E-state index in [1.807, 2.05) is 0 Å². The van der Waals surface area contributed by atoms with Crippen LogP contribution in [-0.2, 0) is 9.53 Å². The topological polar surface area (TPSA) is 44.8 Å². The number of carbonyl (C=O) groups excluding carboxylic acids is 1. The number of nitrogens with zero attached hydrogens (tertiary/aromatic N) is 2. The van der Waals surface area contributed by atoms with Crippen molar-refractivity contribution in [3.63, 3.8) is 0 Å². The van der Waals surface area contributed by atoms with E-state index in [1.54, 1.807) is 0 Å². The smallest absolute Gasteiger partial charge is 0.224 e. The third-order valence-corrected chi connectivity index (χ3v) is 4.38. The number of carbonyl (C=O) groups is 1. The highest BCUT2D eigenvalue weighted by Gasteiger charge is 2.26. The first-order chi connectivity index (χ1) is 10.2. The van der Waals surface area contributed by atoms with Gasteiger partial charge in [0, 0.05) is 45.2 Å². The van der Waals surface area contributed by atoms with Gasteiger partial charge in [-0.15, -0.1) is 0 Å². The summed E-state index contributed by atoms with van der Waals surface area (Å²) in [5, 5.41) is 3.47. The molecule has 5 nitrogen and oxygen atoms in total. The zero-order valence-corrected chi connectivity index (χ0v) is 13.6. The van der Waals surface area contributed by atoms with Crippen LogP contribution < -0.4 is 5.32 Å². The number of nitrogens with one attached hydrogen (secondary N) is 1. The number of amides is 1. The first-order valence-electron chi connectivity index (χ1n) is 8.47. The minimum absolute atomic E-state index is 0.329. The highest BCUT2D eigenvalue weighted by molar-refractivity contribution is 5.76. The second-order valence-corrected chi connectivity index (χ2v) is 6.63. The van der Waals surface area contributed by atoms with Crippen molar-refractivity contribution in [2.45, 2.75) is 39.2 Å². The summed E-state index contributed by atoms with van der Waals surface area (Å²) in [7, 11) is 0.